The molecule has 1 unspecified atom stereocenters. The Bertz CT molecular complexity index is 620. The van der Waals surface area contributed by atoms with Crippen molar-refractivity contribution < 1.29 is 9.53 Å². The Labute approximate surface area is 139 Å². The number of hydrogen-bond acceptors (Lipinski definition) is 3. The van der Waals surface area contributed by atoms with Gasteiger partial charge in [0.1, 0.15) is 5.75 Å². The third-order valence-corrected chi connectivity index (χ3v) is 5.41. The van der Waals surface area contributed by atoms with Crippen molar-refractivity contribution in [1.29, 1.82) is 0 Å². The van der Waals surface area contributed by atoms with Gasteiger partial charge >= 0.3 is 0 Å². The summed E-state index contributed by atoms with van der Waals surface area (Å²) >= 11 is 0. The maximum atomic E-state index is 12.8. The van der Waals surface area contributed by atoms with Gasteiger partial charge in [0.15, 0.2) is 5.60 Å². The van der Waals surface area contributed by atoms with Crippen LogP contribution in [0.2, 0.25) is 0 Å². The molecule has 2 atom stereocenters. The van der Waals surface area contributed by atoms with Gasteiger partial charge in [-0.1, -0.05) is 6.07 Å². The van der Waals surface area contributed by atoms with Gasteiger partial charge in [-0.25, -0.2) is 0 Å². The zero-order valence-corrected chi connectivity index (χ0v) is 14.7. The minimum atomic E-state index is -0.768. The highest BCUT2D eigenvalue weighted by molar-refractivity contribution is 5.86. The fourth-order valence-electron chi connectivity index (χ4n) is 3.67. The smallest absolute Gasteiger partial charge is 0.264 e. The molecule has 1 amide bonds. The Hall–Kier alpha value is -1.55. The van der Waals surface area contributed by atoms with Gasteiger partial charge in [0, 0.05) is 19.0 Å². The second-order valence-electron chi connectivity index (χ2n) is 7.29. The summed E-state index contributed by atoms with van der Waals surface area (Å²) in [6.07, 6.45) is 3.79. The van der Waals surface area contributed by atoms with Crippen molar-refractivity contribution in [2.75, 3.05) is 13.1 Å². The molecule has 0 aromatic heterocycles. The summed E-state index contributed by atoms with van der Waals surface area (Å²) in [5, 5.41) is 6.52. The lowest BCUT2D eigenvalue weighted by atomic mass is 9.87. The molecule has 2 N–H and O–H groups in total. The quantitative estimate of drug-likeness (QED) is 0.882. The van der Waals surface area contributed by atoms with Crippen LogP contribution in [-0.4, -0.2) is 30.6 Å². The van der Waals surface area contributed by atoms with E-state index >= 15 is 0 Å². The van der Waals surface area contributed by atoms with Gasteiger partial charge in [0.05, 0.1) is 0 Å². The molecule has 4 heteroatoms. The molecule has 126 valence electrons. The van der Waals surface area contributed by atoms with Crippen LogP contribution in [0, 0.1) is 20.8 Å². The number of hydrogen-bond donors (Lipinski definition) is 2. The van der Waals surface area contributed by atoms with Crippen molar-refractivity contribution in [3.63, 3.8) is 0 Å². The standard InChI is InChI=1S/C19H28N2O2/c1-12-10-13(2)16-7-8-19(4,23-17(16)14(12)3)18(22)21-15-6-5-9-20-11-15/h10,15,20H,5-9,11H2,1-4H3,(H,21,22)/t15-,19?/m1/s1. The van der Waals surface area contributed by atoms with E-state index in [0.29, 0.717) is 0 Å². The second kappa shape index (κ2) is 6.16. The van der Waals surface area contributed by atoms with E-state index in [-0.39, 0.29) is 11.9 Å². The largest absolute Gasteiger partial charge is 0.477 e. The lowest BCUT2D eigenvalue weighted by Gasteiger charge is -2.37. The van der Waals surface area contributed by atoms with Crippen LogP contribution in [0.4, 0.5) is 0 Å². The van der Waals surface area contributed by atoms with E-state index in [1.54, 1.807) is 0 Å². The van der Waals surface area contributed by atoms with Gasteiger partial charge in [-0.15, -0.1) is 0 Å². The lowest BCUT2D eigenvalue weighted by molar-refractivity contribution is -0.137. The minimum Gasteiger partial charge on any atom is -0.477 e. The molecular weight excluding hydrogens is 288 g/mol. The molecule has 0 spiro atoms. The Morgan fingerprint density at radius 1 is 1.35 bits per heavy atom. The number of ether oxygens (including phenoxy) is 1. The number of amides is 1. The zero-order chi connectivity index (χ0) is 16.6. The summed E-state index contributed by atoms with van der Waals surface area (Å²) in [5.41, 5.74) is 4.14. The van der Waals surface area contributed by atoms with E-state index in [1.165, 1.54) is 16.7 Å². The number of fused-ring (bicyclic) bond motifs is 1. The summed E-state index contributed by atoms with van der Waals surface area (Å²) in [4.78, 5) is 12.8. The van der Waals surface area contributed by atoms with E-state index < -0.39 is 5.60 Å². The molecule has 1 fully saturated rings. The van der Waals surface area contributed by atoms with Crippen molar-refractivity contribution in [1.82, 2.24) is 10.6 Å². The average molecular weight is 316 g/mol. The molecule has 2 aliphatic heterocycles. The summed E-state index contributed by atoms with van der Waals surface area (Å²) in [6.45, 7) is 10.2. The number of benzene rings is 1. The van der Waals surface area contributed by atoms with Crippen LogP contribution in [0.1, 0.15) is 48.4 Å². The number of carbonyl (C=O) groups is 1. The minimum absolute atomic E-state index is 0.0235. The predicted octanol–water partition coefficient (Wildman–Crippen LogP) is 2.56. The number of rotatable bonds is 2. The van der Waals surface area contributed by atoms with Gasteiger partial charge in [-0.05, 0) is 75.8 Å². The third-order valence-electron chi connectivity index (χ3n) is 5.41. The molecule has 1 saturated heterocycles. The molecular formula is C19H28N2O2. The van der Waals surface area contributed by atoms with Crippen LogP contribution < -0.4 is 15.4 Å². The molecule has 4 nitrogen and oxygen atoms in total. The van der Waals surface area contributed by atoms with Crippen LogP contribution in [0.3, 0.4) is 0 Å². The third kappa shape index (κ3) is 3.09. The Kier molecular flexibility index (Phi) is 4.37. The van der Waals surface area contributed by atoms with Crippen molar-refractivity contribution in [2.45, 2.75) is 65.0 Å². The van der Waals surface area contributed by atoms with Gasteiger partial charge in [0.25, 0.3) is 5.91 Å². The average Bonchev–Trinajstić information content (AvgIpc) is 2.53. The topological polar surface area (TPSA) is 50.4 Å². The molecule has 0 saturated carbocycles. The summed E-state index contributed by atoms with van der Waals surface area (Å²) in [6, 6.07) is 2.44. The highest BCUT2D eigenvalue weighted by atomic mass is 16.5. The first-order valence-electron chi connectivity index (χ1n) is 8.71. The van der Waals surface area contributed by atoms with Crippen LogP contribution in [-0.2, 0) is 11.2 Å². The first kappa shape index (κ1) is 16.3. The fourth-order valence-corrected chi connectivity index (χ4v) is 3.67. The zero-order valence-electron chi connectivity index (χ0n) is 14.7. The van der Waals surface area contributed by atoms with Crippen molar-refractivity contribution in [3.05, 3.63) is 28.3 Å². The van der Waals surface area contributed by atoms with Crippen LogP contribution >= 0.6 is 0 Å². The maximum absolute atomic E-state index is 12.8. The summed E-state index contributed by atoms with van der Waals surface area (Å²) in [7, 11) is 0. The number of nitrogens with one attached hydrogen (secondary N) is 2. The van der Waals surface area contributed by atoms with Crippen LogP contribution in [0.25, 0.3) is 0 Å². The van der Waals surface area contributed by atoms with E-state index in [4.69, 9.17) is 4.74 Å². The van der Waals surface area contributed by atoms with Crippen LogP contribution in [0.5, 0.6) is 5.75 Å². The Morgan fingerprint density at radius 3 is 2.83 bits per heavy atom. The first-order valence-corrected chi connectivity index (χ1v) is 8.71. The van der Waals surface area contributed by atoms with E-state index in [1.807, 2.05) is 6.92 Å². The van der Waals surface area contributed by atoms with E-state index in [2.05, 4.69) is 37.5 Å². The Morgan fingerprint density at radius 2 is 2.13 bits per heavy atom. The summed E-state index contributed by atoms with van der Waals surface area (Å²) in [5.74, 6) is 0.948. The van der Waals surface area contributed by atoms with Gasteiger partial charge in [-0.2, -0.15) is 0 Å². The molecule has 2 aliphatic rings. The number of carbonyl (C=O) groups excluding carboxylic acids is 1. The molecule has 2 heterocycles. The van der Waals surface area contributed by atoms with Gasteiger partial charge in [0.2, 0.25) is 0 Å². The fraction of sp³-hybridized carbons (Fsp3) is 0.632. The van der Waals surface area contributed by atoms with Crippen molar-refractivity contribution >= 4 is 5.91 Å². The second-order valence-corrected chi connectivity index (χ2v) is 7.29. The molecule has 3 rings (SSSR count). The van der Waals surface area contributed by atoms with Crippen molar-refractivity contribution in [3.8, 4) is 5.75 Å². The van der Waals surface area contributed by atoms with E-state index in [9.17, 15) is 4.79 Å². The predicted molar refractivity (Wildman–Crippen MR) is 92.0 cm³/mol. The maximum Gasteiger partial charge on any atom is 0.264 e. The number of aryl methyl sites for hydroxylation is 2. The molecule has 1 aromatic rings. The van der Waals surface area contributed by atoms with Crippen molar-refractivity contribution in [2.24, 2.45) is 0 Å². The highest BCUT2D eigenvalue weighted by Gasteiger charge is 2.41. The monoisotopic (exact) mass is 316 g/mol. The SMILES string of the molecule is Cc1cc(C)c2c(c1C)OC(C)(C(=O)N[C@@H]1CCCNC1)CC2. The van der Waals surface area contributed by atoms with Gasteiger partial charge < -0.3 is 15.4 Å². The van der Waals surface area contributed by atoms with Gasteiger partial charge in [-0.3, -0.25) is 4.79 Å². The highest BCUT2D eigenvalue weighted by Crippen LogP contribution is 2.39. The number of piperidine rings is 1. The normalized spacial score (nSPS) is 27.0. The first-order chi connectivity index (χ1) is 10.9. The molecule has 0 radical (unpaired) electrons. The summed E-state index contributed by atoms with van der Waals surface area (Å²) < 4.78 is 6.28. The molecule has 0 bridgehead atoms. The van der Waals surface area contributed by atoms with E-state index in [0.717, 1.165) is 50.1 Å². The van der Waals surface area contributed by atoms with Crippen LogP contribution in [0.15, 0.2) is 6.07 Å². The lowest BCUT2D eigenvalue weighted by Crippen LogP contribution is -2.56. The molecule has 0 aliphatic carbocycles. The molecule has 1 aromatic carbocycles. The Balaban J connectivity index is 1.80. The molecule has 23 heavy (non-hydrogen) atoms.